The Hall–Kier alpha value is -3.16. The van der Waals surface area contributed by atoms with Gasteiger partial charge in [-0.3, -0.25) is 9.59 Å². The van der Waals surface area contributed by atoms with Crippen molar-refractivity contribution in [2.75, 3.05) is 20.3 Å². The van der Waals surface area contributed by atoms with Crippen LogP contribution < -0.4 is 14.8 Å². The highest BCUT2D eigenvalue weighted by Gasteiger charge is 2.33. The van der Waals surface area contributed by atoms with E-state index in [9.17, 15) is 9.59 Å². The fourth-order valence-corrected chi connectivity index (χ4v) is 3.88. The van der Waals surface area contributed by atoms with E-state index in [0.717, 1.165) is 32.1 Å². The predicted molar refractivity (Wildman–Crippen MR) is 114 cm³/mol. The topological polar surface area (TPSA) is 93.7 Å². The van der Waals surface area contributed by atoms with Crippen molar-refractivity contribution in [2.24, 2.45) is 0 Å². The summed E-state index contributed by atoms with van der Waals surface area (Å²) in [7, 11) is 1.57. The summed E-state index contributed by atoms with van der Waals surface area (Å²) in [6.07, 6.45) is 6.21. The Balaban J connectivity index is 1.54. The van der Waals surface area contributed by atoms with Crippen molar-refractivity contribution >= 4 is 11.8 Å². The number of benzene rings is 1. The van der Waals surface area contributed by atoms with Crippen LogP contribution >= 0.6 is 0 Å². The molecule has 0 bridgehead atoms. The molecule has 1 saturated heterocycles. The molecule has 2 aliphatic rings. The lowest BCUT2D eigenvalue weighted by Gasteiger charge is -2.36. The minimum absolute atomic E-state index is 0.107. The van der Waals surface area contributed by atoms with Gasteiger partial charge in [-0.05, 0) is 51.2 Å². The van der Waals surface area contributed by atoms with E-state index < -0.39 is 0 Å². The van der Waals surface area contributed by atoms with Gasteiger partial charge in [-0.2, -0.15) is 0 Å². The number of carbonyl (C=O) groups excluding carboxylic acids is 2. The van der Waals surface area contributed by atoms with Crippen LogP contribution in [0.1, 0.15) is 60.0 Å². The number of methoxy groups -OCH3 is 1. The molecular formula is C23H28N4O4. The minimum Gasteiger partial charge on any atom is -0.493 e. The van der Waals surface area contributed by atoms with Crippen molar-refractivity contribution in [1.29, 1.82) is 0 Å². The third-order valence-electron chi connectivity index (χ3n) is 5.65. The molecule has 2 fully saturated rings. The standard InChI is InChI=1S/C23H28N4O4/c1-15-24-13-17(23(29)26-16-10-11-16)22(25-15)18-7-5-6-12-27(18)21(28)14-31-20-9-4-3-8-19(20)30-2/h3-4,8-9,13,16,18H,5-7,10-12,14H2,1-2H3,(H,26,29)/t18-/m0/s1. The van der Waals surface area contributed by atoms with Gasteiger partial charge in [-0.25, -0.2) is 9.97 Å². The summed E-state index contributed by atoms with van der Waals surface area (Å²) >= 11 is 0. The molecule has 2 heterocycles. The highest BCUT2D eigenvalue weighted by atomic mass is 16.5. The molecule has 0 unspecified atom stereocenters. The first-order valence-corrected chi connectivity index (χ1v) is 10.8. The van der Waals surface area contributed by atoms with E-state index in [2.05, 4.69) is 15.3 Å². The number of ether oxygens (including phenoxy) is 2. The fourth-order valence-electron chi connectivity index (χ4n) is 3.88. The number of aromatic nitrogens is 2. The predicted octanol–water partition coefficient (Wildman–Crippen LogP) is 2.82. The minimum atomic E-state index is -0.274. The second kappa shape index (κ2) is 9.32. The normalized spacial score (nSPS) is 18.4. The van der Waals surface area contributed by atoms with Crippen molar-refractivity contribution in [3.63, 3.8) is 0 Å². The molecule has 164 valence electrons. The second-order valence-electron chi connectivity index (χ2n) is 8.00. The average Bonchev–Trinajstić information content (AvgIpc) is 3.61. The molecule has 2 aromatic rings. The van der Waals surface area contributed by atoms with Crippen LogP contribution in [0.3, 0.4) is 0 Å². The molecule has 0 radical (unpaired) electrons. The Morgan fingerprint density at radius 3 is 2.68 bits per heavy atom. The van der Waals surface area contributed by atoms with Crippen LogP contribution in [-0.2, 0) is 4.79 Å². The molecule has 1 aromatic heterocycles. The maximum atomic E-state index is 13.1. The number of hydrogen-bond donors (Lipinski definition) is 1. The number of amides is 2. The van der Waals surface area contributed by atoms with Gasteiger partial charge in [-0.1, -0.05) is 12.1 Å². The van der Waals surface area contributed by atoms with Crippen molar-refractivity contribution in [3.8, 4) is 11.5 Å². The number of likely N-dealkylation sites (tertiary alicyclic amines) is 1. The zero-order valence-corrected chi connectivity index (χ0v) is 18.0. The third kappa shape index (κ3) is 4.95. The number of nitrogens with one attached hydrogen (secondary N) is 1. The van der Waals surface area contributed by atoms with E-state index in [1.807, 2.05) is 12.1 Å². The Morgan fingerprint density at radius 1 is 1.16 bits per heavy atom. The zero-order valence-electron chi connectivity index (χ0n) is 18.0. The molecular weight excluding hydrogens is 396 g/mol. The van der Waals surface area contributed by atoms with E-state index in [4.69, 9.17) is 9.47 Å². The molecule has 4 rings (SSSR count). The Morgan fingerprint density at radius 2 is 1.94 bits per heavy atom. The molecule has 1 aromatic carbocycles. The Kier molecular flexibility index (Phi) is 6.34. The van der Waals surface area contributed by atoms with Crippen molar-refractivity contribution < 1.29 is 19.1 Å². The van der Waals surface area contributed by atoms with Gasteiger partial charge >= 0.3 is 0 Å². The number of hydrogen-bond acceptors (Lipinski definition) is 6. The van der Waals surface area contributed by atoms with Gasteiger partial charge in [-0.15, -0.1) is 0 Å². The number of piperidine rings is 1. The lowest BCUT2D eigenvalue weighted by molar-refractivity contribution is -0.137. The lowest BCUT2D eigenvalue weighted by Crippen LogP contribution is -2.42. The maximum absolute atomic E-state index is 13.1. The molecule has 1 atom stereocenters. The summed E-state index contributed by atoms with van der Waals surface area (Å²) in [5.74, 6) is 1.38. The van der Waals surface area contributed by atoms with Crippen LogP contribution in [0.2, 0.25) is 0 Å². The number of para-hydroxylation sites is 2. The molecule has 2 amide bonds. The quantitative estimate of drug-likeness (QED) is 0.735. The maximum Gasteiger partial charge on any atom is 0.261 e. The Labute approximate surface area is 182 Å². The number of rotatable bonds is 7. The first-order valence-electron chi connectivity index (χ1n) is 10.8. The SMILES string of the molecule is COc1ccccc1OCC(=O)N1CCCC[C@H]1c1nc(C)ncc1C(=O)NC1CC1. The molecule has 1 saturated carbocycles. The number of carbonyl (C=O) groups is 2. The summed E-state index contributed by atoms with van der Waals surface area (Å²) in [6.45, 7) is 2.29. The first-order chi connectivity index (χ1) is 15.1. The second-order valence-corrected chi connectivity index (χ2v) is 8.00. The van der Waals surface area contributed by atoms with Crippen LogP contribution in [-0.4, -0.2) is 53.0 Å². The molecule has 1 aliphatic carbocycles. The molecule has 8 heteroatoms. The molecule has 31 heavy (non-hydrogen) atoms. The zero-order chi connectivity index (χ0) is 21.8. The van der Waals surface area contributed by atoms with Crippen LogP contribution in [0, 0.1) is 6.92 Å². The van der Waals surface area contributed by atoms with E-state index >= 15 is 0 Å². The van der Waals surface area contributed by atoms with E-state index in [1.165, 1.54) is 0 Å². The smallest absolute Gasteiger partial charge is 0.261 e. The molecule has 1 N–H and O–H groups in total. The summed E-state index contributed by atoms with van der Waals surface area (Å²) in [5.41, 5.74) is 1.07. The monoisotopic (exact) mass is 424 g/mol. The number of aryl methyl sites for hydroxylation is 1. The summed E-state index contributed by atoms with van der Waals surface area (Å²) in [4.78, 5) is 36.5. The van der Waals surface area contributed by atoms with Gasteiger partial charge in [0, 0.05) is 18.8 Å². The van der Waals surface area contributed by atoms with Crippen LogP contribution in [0.4, 0.5) is 0 Å². The van der Waals surface area contributed by atoms with Crippen LogP contribution in [0.15, 0.2) is 30.5 Å². The lowest BCUT2D eigenvalue weighted by atomic mass is 9.96. The van der Waals surface area contributed by atoms with Crippen molar-refractivity contribution in [1.82, 2.24) is 20.2 Å². The fraction of sp³-hybridized carbons (Fsp3) is 0.478. The van der Waals surface area contributed by atoms with Gasteiger partial charge in [0.05, 0.1) is 24.4 Å². The van der Waals surface area contributed by atoms with Gasteiger partial charge in [0.25, 0.3) is 11.8 Å². The first kappa shape index (κ1) is 21.1. The largest absolute Gasteiger partial charge is 0.493 e. The van der Waals surface area contributed by atoms with E-state index in [1.54, 1.807) is 37.3 Å². The highest BCUT2D eigenvalue weighted by molar-refractivity contribution is 5.95. The molecule has 0 spiro atoms. The molecule has 1 aliphatic heterocycles. The molecule has 8 nitrogen and oxygen atoms in total. The summed E-state index contributed by atoms with van der Waals surface area (Å²) in [6, 6.07) is 7.20. The van der Waals surface area contributed by atoms with Crippen molar-refractivity contribution in [2.45, 2.75) is 51.1 Å². The highest BCUT2D eigenvalue weighted by Crippen LogP contribution is 2.33. The van der Waals surface area contributed by atoms with Gasteiger partial charge in [0.15, 0.2) is 18.1 Å². The van der Waals surface area contributed by atoms with Crippen molar-refractivity contribution in [3.05, 3.63) is 47.5 Å². The van der Waals surface area contributed by atoms with E-state index in [-0.39, 0.29) is 30.5 Å². The van der Waals surface area contributed by atoms with Crippen LogP contribution in [0.5, 0.6) is 11.5 Å². The van der Waals surface area contributed by atoms with Gasteiger partial charge in [0.1, 0.15) is 5.82 Å². The van der Waals surface area contributed by atoms with Gasteiger partial charge < -0.3 is 19.7 Å². The van der Waals surface area contributed by atoms with Gasteiger partial charge in [0.2, 0.25) is 0 Å². The summed E-state index contributed by atoms with van der Waals surface area (Å²) < 4.78 is 11.1. The summed E-state index contributed by atoms with van der Waals surface area (Å²) in [5, 5.41) is 3.01. The van der Waals surface area contributed by atoms with E-state index in [0.29, 0.717) is 35.1 Å². The number of nitrogens with zero attached hydrogens (tertiary/aromatic N) is 3. The van der Waals surface area contributed by atoms with Crippen LogP contribution in [0.25, 0.3) is 0 Å². The Bertz CT molecular complexity index is 960. The average molecular weight is 425 g/mol. The third-order valence-corrected chi connectivity index (χ3v) is 5.65.